The van der Waals surface area contributed by atoms with E-state index in [4.69, 9.17) is 4.42 Å². The molecule has 1 aliphatic heterocycles. The van der Waals surface area contributed by atoms with E-state index in [0.29, 0.717) is 0 Å². The van der Waals surface area contributed by atoms with Gasteiger partial charge >= 0.3 is 0 Å². The average molecular weight is 577 g/mol. The van der Waals surface area contributed by atoms with Crippen LogP contribution in [0.2, 0.25) is 0 Å². The van der Waals surface area contributed by atoms with E-state index in [1.54, 1.807) is 0 Å². The molecule has 0 amide bonds. The van der Waals surface area contributed by atoms with Gasteiger partial charge < -0.3 is 4.42 Å². The molecule has 9 rings (SSSR count). The van der Waals surface area contributed by atoms with Crippen molar-refractivity contribution in [3.05, 3.63) is 170 Å². The van der Waals surface area contributed by atoms with Crippen molar-refractivity contribution >= 4 is 50.8 Å². The first-order valence-electron chi connectivity index (χ1n) is 15.2. The lowest BCUT2D eigenvalue weighted by Gasteiger charge is -2.31. The minimum absolute atomic E-state index is 0.917. The molecular weight excluding hydrogens is 549 g/mol. The van der Waals surface area contributed by atoms with Crippen LogP contribution in [-0.4, -0.2) is 8.07 Å². The van der Waals surface area contributed by atoms with E-state index in [2.05, 4.69) is 170 Å². The van der Waals surface area contributed by atoms with E-state index in [-0.39, 0.29) is 0 Å². The fourth-order valence-corrected chi connectivity index (χ4v) is 12.6. The predicted molar refractivity (Wildman–Crippen MR) is 187 cm³/mol. The molecule has 0 bridgehead atoms. The van der Waals surface area contributed by atoms with Crippen molar-refractivity contribution in [3.63, 3.8) is 0 Å². The van der Waals surface area contributed by atoms with Crippen LogP contribution in [0, 0.1) is 0 Å². The van der Waals surface area contributed by atoms with Crippen LogP contribution in [0.3, 0.4) is 0 Å². The lowest BCUT2D eigenvalue weighted by molar-refractivity contribution is 0.669. The summed E-state index contributed by atoms with van der Waals surface area (Å²) < 4.78 is 6.29. The maximum absolute atomic E-state index is 6.29. The molecule has 2 heteroatoms. The Morgan fingerprint density at radius 3 is 1.45 bits per heavy atom. The van der Waals surface area contributed by atoms with Gasteiger partial charge in [-0.2, -0.15) is 0 Å². The molecule has 0 saturated heterocycles. The fraction of sp³-hybridized carbons (Fsp3) is 0. The Morgan fingerprint density at radius 2 is 0.818 bits per heavy atom. The smallest absolute Gasteiger partial charge is 0.180 e. The Balaban J connectivity index is 1.25. The molecular formula is C42H28OSi. The highest BCUT2D eigenvalue weighted by atomic mass is 28.3. The summed E-state index contributed by atoms with van der Waals surface area (Å²) in [4.78, 5) is 0. The fourth-order valence-electron chi connectivity index (χ4n) is 7.40. The molecule has 44 heavy (non-hydrogen) atoms. The Labute approximate surface area is 257 Å². The number of hydrogen-bond donors (Lipinski definition) is 0. The molecule has 2 heterocycles. The Bertz CT molecular complexity index is 2280. The van der Waals surface area contributed by atoms with Crippen LogP contribution in [0.25, 0.3) is 55.3 Å². The SMILES string of the molecule is c1ccc(-c2ccc3oc4ccc(-c5ccc6c(c5)-c5ccccc5[Si]6(c5ccccc5)c5ccccc5)cc4c3c2)cc1. The highest BCUT2D eigenvalue weighted by Crippen LogP contribution is 2.37. The van der Waals surface area contributed by atoms with E-state index < -0.39 is 8.07 Å². The van der Waals surface area contributed by atoms with Crippen molar-refractivity contribution in [2.45, 2.75) is 0 Å². The molecule has 1 aliphatic rings. The number of furan rings is 1. The topological polar surface area (TPSA) is 13.1 Å². The van der Waals surface area contributed by atoms with Crippen LogP contribution in [0.1, 0.15) is 0 Å². The number of benzene rings is 7. The first-order valence-corrected chi connectivity index (χ1v) is 17.2. The van der Waals surface area contributed by atoms with Crippen molar-refractivity contribution in [2.75, 3.05) is 0 Å². The van der Waals surface area contributed by atoms with Crippen molar-refractivity contribution in [1.29, 1.82) is 0 Å². The van der Waals surface area contributed by atoms with Crippen LogP contribution in [0.4, 0.5) is 0 Å². The lowest BCUT2D eigenvalue weighted by Crippen LogP contribution is -2.72. The zero-order chi connectivity index (χ0) is 29.1. The van der Waals surface area contributed by atoms with Crippen LogP contribution in [-0.2, 0) is 0 Å². The molecule has 0 aliphatic carbocycles. The molecule has 0 N–H and O–H groups in total. The second-order valence-corrected chi connectivity index (χ2v) is 15.4. The molecule has 206 valence electrons. The minimum Gasteiger partial charge on any atom is -0.456 e. The summed E-state index contributed by atoms with van der Waals surface area (Å²) >= 11 is 0. The van der Waals surface area contributed by atoms with Gasteiger partial charge in [0.2, 0.25) is 0 Å². The van der Waals surface area contributed by atoms with Gasteiger partial charge in [0.15, 0.2) is 8.07 Å². The summed E-state index contributed by atoms with van der Waals surface area (Å²) in [5.41, 5.74) is 9.36. The molecule has 0 fully saturated rings. The lowest BCUT2D eigenvalue weighted by atomic mass is 9.97. The number of rotatable bonds is 4. The van der Waals surface area contributed by atoms with E-state index in [9.17, 15) is 0 Å². The number of hydrogen-bond acceptors (Lipinski definition) is 1. The molecule has 0 radical (unpaired) electrons. The molecule has 0 atom stereocenters. The van der Waals surface area contributed by atoms with Crippen LogP contribution >= 0.6 is 0 Å². The van der Waals surface area contributed by atoms with Crippen molar-refractivity contribution < 1.29 is 4.42 Å². The van der Waals surface area contributed by atoms with Gasteiger partial charge in [-0.1, -0.05) is 140 Å². The van der Waals surface area contributed by atoms with Gasteiger partial charge in [-0.15, -0.1) is 0 Å². The zero-order valence-electron chi connectivity index (χ0n) is 24.1. The van der Waals surface area contributed by atoms with E-state index in [1.165, 1.54) is 54.1 Å². The van der Waals surface area contributed by atoms with Gasteiger partial charge in [-0.25, -0.2) is 0 Å². The van der Waals surface area contributed by atoms with Gasteiger partial charge in [-0.05, 0) is 84.5 Å². The molecule has 8 aromatic rings. The normalized spacial score (nSPS) is 13.2. The third-order valence-corrected chi connectivity index (χ3v) is 14.3. The van der Waals surface area contributed by atoms with E-state index in [1.807, 2.05) is 0 Å². The van der Waals surface area contributed by atoms with E-state index >= 15 is 0 Å². The molecule has 0 spiro atoms. The second-order valence-electron chi connectivity index (χ2n) is 11.7. The van der Waals surface area contributed by atoms with Gasteiger partial charge in [0.25, 0.3) is 0 Å². The quantitative estimate of drug-likeness (QED) is 0.192. The zero-order valence-corrected chi connectivity index (χ0v) is 25.1. The van der Waals surface area contributed by atoms with Crippen molar-refractivity contribution in [1.82, 2.24) is 0 Å². The summed E-state index contributed by atoms with van der Waals surface area (Å²) in [7, 11) is -2.47. The average Bonchev–Trinajstić information content (AvgIpc) is 3.62. The Morgan fingerprint density at radius 1 is 0.341 bits per heavy atom. The molecule has 1 aromatic heterocycles. The monoisotopic (exact) mass is 576 g/mol. The van der Waals surface area contributed by atoms with Gasteiger partial charge in [0.05, 0.1) is 0 Å². The molecule has 7 aromatic carbocycles. The van der Waals surface area contributed by atoms with Gasteiger partial charge in [0, 0.05) is 10.8 Å². The first kappa shape index (κ1) is 25.1. The van der Waals surface area contributed by atoms with Crippen LogP contribution < -0.4 is 20.7 Å². The Hall–Kier alpha value is -5.44. The van der Waals surface area contributed by atoms with Crippen molar-refractivity contribution in [2.24, 2.45) is 0 Å². The summed E-state index contributed by atoms with van der Waals surface area (Å²) in [6, 6.07) is 62.3. The molecule has 1 nitrogen and oxygen atoms in total. The Kier molecular flexibility index (Phi) is 5.59. The third-order valence-electron chi connectivity index (χ3n) is 9.37. The summed E-state index contributed by atoms with van der Waals surface area (Å²) in [5, 5.41) is 8.07. The largest absolute Gasteiger partial charge is 0.456 e. The maximum atomic E-state index is 6.29. The third kappa shape index (κ3) is 3.65. The molecule has 0 saturated carbocycles. The predicted octanol–water partition coefficient (Wildman–Crippen LogP) is 8.28. The molecule has 0 unspecified atom stereocenters. The first-order chi connectivity index (χ1) is 21.8. The summed E-state index contributed by atoms with van der Waals surface area (Å²) in [5.74, 6) is 0. The standard InChI is InChI=1S/C42H28OSi/c1-4-12-29(13-5-1)30-20-23-39-36(26-30)37-27-31(21-24-40(37)43-39)32-22-25-42-38(28-32)35-18-10-11-19-41(35)44(42,33-14-6-2-7-15-33)34-16-8-3-9-17-34/h1-28H. The van der Waals surface area contributed by atoms with E-state index in [0.717, 1.165) is 21.9 Å². The minimum atomic E-state index is -2.47. The maximum Gasteiger partial charge on any atom is 0.180 e. The van der Waals surface area contributed by atoms with Gasteiger partial charge in [-0.3, -0.25) is 0 Å². The van der Waals surface area contributed by atoms with Crippen molar-refractivity contribution in [3.8, 4) is 33.4 Å². The van der Waals surface area contributed by atoms with Crippen LogP contribution in [0.15, 0.2) is 174 Å². The van der Waals surface area contributed by atoms with Crippen LogP contribution in [0.5, 0.6) is 0 Å². The number of fused-ring (bicyclic) bond motifs is 6. The second kappa shape index (κ2) is 9.80. The summed E-state index contributed by atoms with van der Waals surface area (Å²) in [6.45, 7) is 0. The van der Waals surface area contributed by atoms with Gasteiger partial charge in [0.1, 0.15) is 11.2 Å². The summed E-state index contributed by atoms with van der Waals surface area (Å²) in [6.07, 6.45) is 0. The highest BCUT2D eigenvalue weighted by molar-refractivity contribution is 7.22. The highest BCUT2D eigenvalue weighted by Gasteiger charge is 2.48.